The fraction of sp³-hybridized carbons (Fsp3) is 0.571. The van der Waals surface area contributed by atoms with Crippen molar-refractivity contribution in [3.63, 3.8) is 0 Å². The van der Waals surface area contributed by atoms with Gasteiger partial charge in [0.1, 0.15) is 0 Å². The van der Waals surface area contributed by atoms with Gasteiger partial charge in [0.2, 0.25) is 0 Å². The molecular weight excluding hydrogens is 211 g/mol. The maximum atomic E-state index is 12.2. The summed E-state index contributed by atoms with van der Waals surface area (Å²) in [5.41, 5.74) is 0. The molecule has 0 bridgehead atoms. The first-order valence-corrected chi connectivity index (χ1v) is 4.00. The topological polar surface area (TPSA) is 57.2 Å². The van der Waals surface area contributed by atoms with Gasteiger partial charge in [-0.05, 0) is 0 Å². The molecule has 0 aliphatic carbocycles. The minimum Gasteiger partial charge on any atom is -0.360 e. The Bertz CT molecular complexity index is 365. The molecule has 0 atom stereocenters. The number of H-pyrrole nitrogens is 1. The number of hydrogen-bond donors (Lipinski definition) is 1. The summed E-state index contributed by atoms with van der Waals surface area (Å²) < 4.78 is 36.5. The van der Waals surface area contributed by atoms with Crippen LogP contribution in [0.4, 0.5) is 13.2 Å². The monoisotopic (exact) mass is 221 g/mol. The van der Waals surface area contributed by atoms with Gasteiger partial charge in [-0.25, -0.2) is 4.98 Å². The van der Waals surface area contributed by atoms with Crippen molar-refractivity contribution in [2.24, 2.45) is 4.99 Å². The molecule has 15 heavy (non-hydrogen) atoms. The second kappa shape index (κ2) is 3.87. The van der Waals surface area contributed by atoms with Crippen molar-refractivity contribution in [3.05, 3.63) is 11.6 Å². The number of rotatable bonds is 1. The van der Waals surface area contributed by atoms with Gasteiger partial charge in [0.15, 0.2) is 11.7 Å². The maximum Gasteiger partial charge on any atom is 0.453 e. The zero-order chi connectivity index (χ0) is 11.6. The molecule has 1 rings (SSSR count). The zero-order valence-electron chi connectivity index (χ0n) is 8.42. The summed E-state index contributed by atoms with van der Waals surface area (Å²) in [5, 5.41) is 5.26. The van der Waals surface area contributed by atoms with E-state index in [-0.39, 0.29) is 5.82 Å². The van der Waals surface area contributed by atoms with Crippen LogP contribution in [0, 0.1) is 0 Å². The van der Waals surface area contributed by atoms with E-state index >= 15 is 0 Å². The summed E-state index contributed by atoms with van der Waals surface area (Å²) >= 11 is 0. The molecule has 1 heterocycles. The Balaban J connectivity index is 3.04. The second-order valence-electron chi connectivity index (χ2n) is 2.95. The molecule has 1 N–H and O–H groups in total. The van der Waals surface area contributed by atoms with Crippen molar-refractivity contribution >= 4 is 5.84 Å². The van der Waals surface area contributed by atoms with E-state index in [0.29, 0.717) is 5.84 Å². The van der Waals surface area contributed by atoms with Gasteiger partial charge in [0.25, 0.3) is 5.82 Å². The molecule has 1 aromatic rings. The highest BCUT2D eigenvalue weighted by Gasteiger charge is 2.36. The van der Waals surface area contributed by atoms with Crippen LogP contribution in [0.15, 0.2) is 4.99 Å². The third kappa shape index (κ3) is 2.45. The van der Waals surface area contributed by atoms with Crippen molar-refractivity contribution < 1.29 is 13.2 Å². The summed E-state index contributed by atoms with van der Waals surface area (Å²) in [4.78, 5) is 8.65. The van der Waals surface area contributed by atoms with E-state index in [0.717, 1.165) is 0 Å². The molecule has 0 fully saturated rings. The number of aliphatic imine (C=N–C) groups is 1. The molecular formula is C7H10F3N5. The Morgan fingerprint density at radius 1 is 1.40 bits per heavy atom. The number of amidine groups is 1. The van der Waals surface area contributed by atoms with Crippen molar-refractivity contribution in [2.75, 3.05) is 21.1 Å². The van der Waals surface area contributed by atoms with Gasteiger partial charge in [0.05, 0.1) is 0 Å². The van der Waals surface area contributed by atoms with Crippen LogP contribution in [0.5, 0.6) is 0 Å². The number of aromatic amines is 1. The van der Waals surface area contributed by atoms with Gasteiger partial charge in [-0.15, -0.1) is 5.10 Å². The first kappa shape index (κ1) is 11.5. The van der Waals surface area contributed by atoms with Gasteiger partial charge in [0, 0.05) is 21.1 Å². The van der Waals surface area contributed by atoms with E-state index in [1.165, 1.54) is 7.05 Å². The molecule has 0 saturated carbocycles. The first-order valence-electron chi connectivity index (χ1n) is 4.00. The standard InChI is InChI=1S/C7H10F3N5/c1-11-5(15(2)3)4-12-6(14-13-4)7(8,9)10/h1-3H3,(H,12,13,14)/b11-5-. The Kier molecular flexibility index (Phi) is 2.96. The first-order chi connectivity index (χ1) is 6.86. The number of aromatic nitrogens is 3. The number of halogens is 3. The Morgan fingerprint density at radius 2 is 2.00 bits per heavy atom. The van der Waals surface area contributed by atoms with Crippen LogP contribution in [-0.4, -0.2) is 47.1 Å². The Labute approximate surface area is 84.0 Å². The number of nitrogens with one attached hydrogen (secondary N) is 1. The summed E-state index contributed by atoms with van der Waals surface area (Å²) in [6.45, 7) is 0. The highest BCUT2D eigenvalue weighted by atomic mass is 19.4. The van der Waals surface area contributed by atoms with Gasteiger partial charge in [-0.1, -0.05) is 0 Å². The molecule has 84 valence electrons. The molecule has 0 amide bonds. The molecule has 0 aliphatic heterocycles. The fourth-order valence-corrected chi connectivity index (χ4v) is 1.01. The van der Waals surface area contributed by atoms with Crippen molar-refractivity contribution in [3.8, 4) is 0 Å². The predicted molar refractivity (Wildman–Crippen MR) is 47.5 cm³/mol. The van der Waals surface area contributed by atoms with Crippen LogP contribution in [0.2, 0.25) is 0 Å². The third-order valence-electron chi connectivity index (χ3n) is 1.59. The zero-order valence-corrected chi connectivity index (χ0v) is 8.42. The van der Waals surface area contributed by atoms with Gasteiger partial charge < -0.3 is 4.90 Å². The average Bonchev–Trinajstić information content (AvgIpc) is 2.52. The van der Waals surface area contributed by atoms with E-state index < -0.39 is 12.0 Å². The molecule has 8 heteroatoms. The van der Waals surface area contributed by atoms with Gasteiger partial charge in [-0.2, -0.15) is 13.2 Å². The molecule has 0 unspecified atom stereocenters. The summed E-state index contributed by atoms with van der Waals surface area (Å²) in [6, 6.07) is 0. The smallest absolute Gasteiger partial charge is 0.360 e. The van der Waals surface area contributed by atoms with Crippen LogP contribution in [0.3, 0.4) is 0 Å². The van der Waals surface area contributed by atoms with E-state index in [1.807, 2.05) is 0 Å². The maximum absolute atomic E-state index is 12.2. The van der Waals surface area contributed by atoms with Crippen LogP contribution in [-0.2, 0) is 6.18 Å². The van der Waals surface area contributed by atoms with Crippen molar-refractivity contribution in [1.29, 1.82) is 0 Å². The lowest BCUT2D eigenvalue weighted by Crippen LogP contribution is -2.24. The third-order valence-corrected chi connectivity index (χ3v) is 1.59. The molecule has 0 aliphatic rings. The molecule has 0 aromatic carbocycles. The molecule has 1 aromatic heterocycles. The normalized spacial score (nSPS) is 13.1. The lowest BCUT2D eigenvalue weighted by atomic mass is 10.5. The average molecular weight is 221 g/mol. The van der Waals surface area contributed by atoms with Crippen molar-refractivity contribution in [1.82, 2.24) is 20.1 Å². The largest absolute Gasteiger partial charge is 0.453 e. The summed E-state index contributed by atoms with van der Waals surface area (Å²) in [7, 11) is 4.77. The Morgan fingerprint density at radius 3 is 2.33 bits per heavy atom. The predicted octanol–water partition coefficient (Wildman–Crippen LogP) is 0.762. The summed E-state index contributed by atoms with van der Waals surface area (Å²) in [6.07, 6.45) is -4.54. The molecule has 0 radical (unpaired) electrons. The van der Waals surface area contributed by atoms with Gasteiger partial charge >= 0.3 is 6.18 Å². The lowest BCUT2D eigenvalue weighted by molar-refractivity contribution is -0.144. The van der Waals surface area contributed by atoms with Crippen LogP contribution in [0.25, 0.3) is 0 Å². The molecule has 5 nitrogen and oxygen atoms in total. The summed E-state index contributed by atoms with van der Waals surface area (Å²) in [5.74, 6) is -0.895. The quantitative estimate of drug-likeness (QED) is 0.562. The minimum atomic E-state index is -4.54. The van der Waals surface area contributed by atoms with Crippen LogP contribution < -0.4 is 0 Å². The van der Waals surface area contributed by atoms with Gasteiger partial charge in [-0.3, -0.25) is 10.1 Å². The van der Waals surface area contributed by atoms with Crippen LogP contribution >= 0.6 is 0 Å². The number of nitrogens with zero attached hydrogens (tertiary/aromatic N) is 4. The number of alkyl halides is 3. The SMILES string of the molecule is C/N=C(/c1nc(C(F)(F)F)n[nH]1)N(C)C. The van der Waals surface area contributed by atoms with E-state index in [1.54, 1.807) is 19.0 Å². The fourth-order valence-electron chi connectivity index (χ4n) is 1.01. The number of hydrogen-bond acceptors (Lipinski definition) is 3. The highest BCUT2D eigenvalue weighted by Crippen LogP contribution is 2.25. The van der Waals surface area contributed by atoms with Crippen molar-refractivity contribution in [2.45, 2.75) is 6.18 Å². The van der Waals surface area contributed by atoms with E-state index in [4.69, 9.17) is 0 Å². The van der Waals surface area contributed by atoms with E-state index in [9.17, 15) is 13.2 Å². The minimum absolute atomic E-state index is 0.00479. The second-order valence-corrected chi connectivity index (χ2v) is 2.95. The molecule has 0 saturated heterocycles. The highest BCUT2D eigenvalue weighted by molar-refractivity contribution is 5.94. The van der Waals surface area contributed by atoms with Crippen LogP contribution in [0.1, 0.15) is 11.6 Å². The molecule has 0 spiro atoms. The lowest BCUT2D eigenvalue weighted by Gasteiger charge is -2.11. The van der Waals surface area contributed by atoms with E-state index in [2.05, 4.69) is 20.2 Å². The Hall–Kier alpha value is -1.60.